The molecule has 6 aliphatic carbocycles. The van der Waals surface area contributed by atoms with Gasteiger partial charge in [0.15, 0.2) is 0 Å². The molecule has 2 spiro atoms. The van der Waals surface area contributed by atoms with Gasteiger partial charge in [-0.05, 0) is 173 Å². The standard InChI is InChI=1S/C74H53N/c1-4-19-47(20-5-1)56-30-16-21-49-22-17-32-61(70(49)56)60-28-12-15-36-67(60)75(55-41-42-59-58-27-10-13-33-63(58)74(66(59)46-55)68-44-52-43-53-45-69(74)73(52,53)68)54-39-37-48(38-40-54)57-31-18-35-65-71(57)62-29-11-14-34-64(62)72(65,50-23-6-2-7-24-50)51-25-8-3-9-26-51/h1-42,46,52-53,68-69H,43-45H2. The zero-order chi connectivity index (χ0) is 49.0. The summed E-state index contributed by atoms with van der Waals surface area (Å²) in [5, 5.41) is 2.52. The minimum atomic E-state index is -0.461. The number of nitrogens with zero attached hydrogens (tertiary/aromatic N) is 1. The molecule has 17 rings (SSSR count). The van der Waals surface area contributed by atoms with Crippen molar-refractivity contribution in [3.8, 4) is 55.6 Å². The number of benzene rings is 11. The lowest BCUT2D eigenvalue weighted by Crippen LogP contribution is -2.88. The molecule has 0 radical (unpaired) electrons. The van der Waals surface area contributed by atoms with E-state index in [1.54, 1.807) is 11.1 Å². The van der Waals surface area contributed by atoms with Crippen molar-refractivity contribution in [1.29, 1.82) is 0 Å². The fourth-order valence-electron chi connectivity index (χ4n) is 17.4. The van der Waals surface area contributed by atoms with Crippen LogP contribution < -0.4 is 4.90 Å². The number of hydrogen-bond donors (Lipinski definition) is 0. The maximum Gasteiger partial charge on any atom is 0.0713 e. The monoisotopic (exact) mass is 955 g/mol. The first kappa shape index (κ1) is 41.9. The molecule has 6 aliphatic rings. The van der Waals surface area contributed by atoms with E-state index in [0.717, 1.165) is 29.4 Å². The predicted molar refractivity (Wildman–Crippen MR) is 309 cm³/mol. The molecule has 4 unspecified atom stereocenters. The van der Waals surface area contributed by atoms with Gasteiger partial charge in [0.25, 0.3) is 0 Å². The van der Waals surface area contributed by atoms with E-state index in [2.05, 4.69) is 266 Å². The first-order valence-electron chi connectivity index (χ1n) is 27.4. The van der Waals surface area contributed by atoms with Gasteiger partial charge in [0.05, 0.1) is 11.1 Å². The molecule has 354 valence electrons. The smallest absolute Gasteiger partial charge is 0.0713 e. The summed E-state index contributed by atoms with van der Waals surface area (Å²) in [7, 11) is 0. The maximum atomic E-state index is 2.65. The van der Waals surface area contributed by atoms with E-state index in [1.807, 2.05) is 0 Å². The third-order valence-corrected chi connectivity index (χ3v) is 20.0. The first-order chi connectivity index (χ1) is 37.2. The molecule has 4 atom stereocenters. The Morgan fingerprint density at radius 3 is 1.56 bits per heavy atom. The van der Waals surface area contributed by atoms with E-state index in [0.29, 0.717) is 5.41 Å². The molecular formula is C74H53N. The van der Waals surface area contributed by atoms with Gasteiger partial charge in [-0.15, -0.1) is 0 Å². The Morgan fingerprint density at radius 2 is 0.853 bits per heavy atom. The van der Waals surface area contributed by atoms with Crippen molar-refractivity contribution in [2.45, 2.75) is 30.1 Å². The Bertz CT molecular complexity index is 4070. The average molecular weight is 956 g/mol. The normalized spacial score (nSPS) is 23.0. The van der Waals surface area contributed by atoms with Crippen molar-refractivity contribution in [2.24, 2.45) is 29.1 Å². The molecule has 0 aliphatic heterocycles. The summed E-state index contributed by atoms with van der Waals surface area (Å²) in [6.07, 6.45) is 4.24. The van der Waals surface area contributed by atoms with Crippen LogP contribution >= 0.6 is 0 Å². The molecule has 0 saturated heterocycles. The van der Waals surface area contributed by atoms with Crippen LogP contribution in [0.5, 0.6) is 0 Å². The van der Waals surface area contributed by atoms with Crippen LogP contribution in [0.4, 0.5) is 17.1 Å². The van der Waals surface area contributed by atoms with Crippen molar-refractivity contribution in [3.05, 3.63) is 294 Å². The first-order valence-corrected chi connectivity index (χ1v) is 27.4. The SMILES string of the molecule is c1ccc(-c2cccc3cccc(-c4ccccc4N(c4ccc(-c5cccc6c5-c5ccccc5C6(c5ccccc5)c5ccccc5)cc4)c4ccc5c(c4)C4(c6ccccc6-5)C5CC6CC7CC4C675)c23)cc1. The van der Waals surface area contributed by atoms with Crippen LogP contribution in [0.15, 0.2) is 261 Å². The summed E-state index contributed by atoms with van der Waals surface area (Å²) in [5.41, 5.74) is 25.1. The van der Waals surface area contributed by atoms with E-state index in [4.69, 9.17) is 0 Å². The lowest BCUT2D eigenvalue weighted by Gasteiger charge is -2.92. The number of para-hydroxylation sites is 1. The molecular weight excluding hydrogens is 903 g/mol. The van der Waals surface area contributed by atoms with Crippen molar-refractivity contribution in [1.82, 2.24) is 0 Å². The van der Waals surface area contributed by atoms with Crippen molar-refractivity contribution >= 4 is 27.8 Å². The van der Waals surface area contributed by atoms with E-state index in [9.17, 15) is 0 Å². The number of hydrogen-bond acceptors (Lipinski definition) is 1. The summed E-state index contributed by atoms with van der Waals surface area (Å²) in [4.78, 5) is 2.59. The van der Waals surface area contributed by atoms with Crippen LogP contribution in [-0.4, -0.2) is 0 Å². The van der Waals surface area contributed by atoms with Gasteiger partial charge in [-0.25, -0.2) is 0 Å². The van der Waals surface area contributed by atoms with Gasteiger partial charge in [0.1, 0.15) is 0 Å². The lowest BCUT2D eigenvalue weighted by atomic mass is 9.11. The molecule has 11 aromatic carbocycles. The second-order valence-corrected chi connectivity index (χ2v) is 22.6. The highest BCUT2D eigenvalue weighted by Gasteiger charge is 2.90. The third-order valence-electron chi connectivity index (χ3n) is 20.0. The van der Waals surface area contributed by atoms with Gasteiger partial charge < -0.3 is 4.90 Å². The van der Waals surface area contributed by atoms with Crippen LogP contribution in [-0.2, 0) is 10.8 Å². The molecule has 4 saturated carbocycles. The second-order valence-electron chi connectivity index (χ2n) is 22.6. The Morgan fingerprint density at radius 1 is 0.333 bits per heavy atom. The highest BCUT2D eigenvalue weighted by atomic mass is 15.1. The molecule has 0 amide bonds. The van der Waals surface area contributed by atoms with E-state index in [1.165, 1.54) is 119 Å². The van der Waals surface area contributed by atoms with E-state index >= 15 is 0 Å². The Kier molecular flexibility index (Phi) is 8.54. The van der Waals surface area contributed by atoms with Gasteiger partial charge in [-0.3, -0.25) is 0 Å². The zero-order valence-electron chi connectivity index (χ0n) is 41.7. The van der Waals surface area contributed by atoms with Crippen molar-refractivity contribution < 1.29 is 0 Å². The van der Waals surface area contributed by atoms with E-state index < -0.39 is 5.41 Å². The number of anilines is 3. The molecule has 1 nitrogen and oxygen atoms in total. The average Bonchev–Trinajstić information content (AvgIpc) is 2.98. The summed E-state index contributed by atoms with van der Waals surface area (Å²) in [6, 6.07) is 98.8. The number of rotatable bonds is 8. The van der Waals surface area contributed by atoms with Gasteiger partial charge in [-0.2, -0.15) is 0 Å². The maximum absolute atomic E-state index is 2.65. The molecule has 0 heterocycles. The highest BCUT2D eigenvalue weighted by molar-refractivity contribution is 6.09. The fourth-order valence-corrected chi connectivity index (χ4v) is 17.4. The highest BCUT2D eigenvalue weighted by Crippen LogP contribution is 2.95. The third kappa shape index (κ3) is 5.19. The van der Waals surface area contributed by atoms with Crippen LogP contribution in [0.2, 0.25) is 0 Å². The molecule has 0 bridgehead atoms. The minimum absolute atomic E-state index is 0.101. The van der Waals surface area contributed by atoms with Gasteiger partial charge >= 0.3 is 0 Å². The Balaban J connectivity index is 0.866. The minimum Gasteiger partial charge on any atom is -0.310 e. The van der Waals surface area contributed by atoms with Crippen molar-refractivity contribution in [2.75, 3.05) is 4.90 Å². The molecule has 0 N–H and O–H groups in total. The van der Waals surface area contributed by atoms with Crippen LogP contribution in [0.3, 0.4) is 0 Å². The second kappa shape index (κ2) is 15.3. The summed E-state index contributed by atoms with van der Waals surface area (Å²) in [5.74, 6) is 3.40. The fraction of sp³-hybridized carbons (Fsp3) is 0.135. The summed E-state index contributed by atoms with van der Waals surface area (Å²) < 4.78 is 0. The molecule has 0 aromatic heterocycles. The zero-order valence-corrected chi connectivity index (χ0v) is 41.7. The molecule has 1 heteroatoms. The van der Waals surface area contributed by atoms with Crippen LogP contribution in [0.1, 0.15) is 52.6 Å². The van der Waals surface area contributed by atoms with Gasteiger partial charge in [0.2, 0.25) is 0 Å². The quantitative estimate of drug-likeness (QED) is 0.147. The van der Waals surface area contributed by atoms with Crippen LogP contribution in [0.25, 0.3) is 66.4 Å². The Hall–Kier alpha value is -8.52. The van der Waals surface area contributed by atoms with Crippen molar-refractivity contribution in [3.63, 3.8) is 0 Å². The summed E-state index contributed by atoms with van der Waals surface area (Å²) in [6.45, 7) is 0. The van der Waals surface area contributed by atoms with Crippen LogP contribution in [0, 0.1) is 29.1 Å². The number of fused-ring (bicyclic) bond motifs is 11. The lowest BCUT2D eigenvalue weighted by molar-refractivity contribution is -0.412. The molecule has 4 fully saturated rings. The topological polar surface area (TPSA) is 3.24 Å². The predicted octanol–water partition coefficient (Wildman–Crippen LogP) is 18.6. The molecule has 75 heavy (non-hydrogen) atoms. The van der Waals surface area contributed by atoms with Gasteiger partial charge in [0, 0.05) is 22.4 Å². The largest absolute Gasteiger partial charge is 0.310 e. The van der Waals surface area contributed by atoms with E-state index in [-0.39, 0.29) is 5.41 Å². The molecule has 11 aromatic rings. The summed E-state index contributed by atoms with van der Waals surface area (Å²) >= 11 is 0. The van der Waals surface area contributed by atoms with Gasteiger partial charge in [-0.1, -0.05) is 231 Å². The Labute approximate surface area is 439 Å².